The Morgan fingerprint density at radius 3 is 2.60 bits per heavy atom. The molecule has 152 valence electrons. The van der Waals surface area contributed by atoms with E-state index in [9.17, 15) is 4.79 Å². The molecule has 0 spiro atoms. The maximum atomic E-state index is 12.8. The van der Waals surface area contributed by atoms with Gasteiger partial charge in [-0.3, -0.25) is 14.3 Å². The molecule has 0 radical (unpaired) electrons. The van der Waals surface area contributed by atoms with Crippen LogP contribution in [0.5, 0.6) is 0 Å². The maximum Gasteiger partial charge on any atom is 0.251 e. The van der Waals surface area contributed by atoms with Gasteiger partial charge in [-0.2, -0.15) is 0 Å². The zero-order valence-corrected chi connectivity index (χ0v) is 17.5. The number of nitrogens with zero attached hydrogens (tertiary/aromatic N) is 3. The minimum Gasteiger partial charge on any atom is -0.350 e. The maximum absolute atomic E-state index is 12.8. The third-order valence-electron chi connectivity index (χ3n) is 5.77. The van der Waals surface area contributed by atoms with E-state index in [1.807, 2.05) is 59.4 Å². The summed E-state index contributed by atoms with van der Waals surface area (Å²) in [5.41, 5.74) is 3.68. The van der Waals surface area contributed by atoms with Gasteiger partial charge in [0.15, 0.2) is 0 Å². The third-order valence-corrected chi connectivity index (χ3v) is 6.74. The fourth-order valence-electron chi connectivity index (χ4n) is 4.17. The highest BCUT2D eigenvalue weighted by atomic mass is 32.1. The summed E-state index contributed by atoms with van der Waals surface area (Å²) in [5, 5.41) is 5.26. The summed E-state index contributed by atoms with van der Waals surface area (Å²) in [6.07, 6.45) is 4.29. The van der Waals surface area contributed by atoms with E-state index in [2.05, 4.69) is 32.7 Å². The average Bonchev–Trinajstić information content (AvgIpc) is 3.56. The van der Waals surface area contributed by atoms with E-state index < -0.39 is 0 Å². The van der Waals surface area contributed by atoms with Crippen molar-refractivity contribution in [3.8, 4) is 5.69 Å². The molecule has 2 aromatic heterocycles. The van der Waals surface area contributed by atoms with Crippen LogP contribution in [0.2, 0.25) is 0 Å². The van der Waals surface area contributed by atoms with E-state index in [1.54, 1.807) is 11.3 Å². The first-order valence-electron chi connectivity index (χ1n) is 10.4. The van der Waals surface area contributed by atoms with Crippen LogP contribution in [0.1, 0.15) is 34.1 Å². The first kappa shape index (κ1) is 19.0. The van der Waals surface area contributed by atoms with Crippen molar-refractivity contribution in [1.29, 1.82) is 0 Å². The highest BCUT2D eigenvalue weighted by Gasteiger charge is 2.24. The molecule has 2 aromatic carbocycles. The van der Waals surface area contributed by atoms with Gasteiger partial charge in [0.2, 0.25) is 0 Å². The van der Waals surface area contributed by atoms with Crippen LogP contribution >= 0.6 is 11.3 Å². The summed E-state index contributed by atoms with van der Waals surface area (Å²) in [5.74, 6) is -0.0298. The van der Waals surface area contributed by atoms with E-state index >= 15 is 0 Å². The summed E-state index contributed by atoms with van der Waals surface area (Å²) in [6.45, 7) is 2.84. The lowest BCUT2D eigenvalue weighted by Crippen LogP contribution is -2.36. The monoisotopic (exact) mass is 416 g/mol. The molecule has 0 saturated carbocycles. The van der Waals surface area contributed by atoms with Crippen LogP contribution in [0.4, 0.5) is 0 Å². The number of carbonyl (C=O) groups excluding carboxylic acids is 1. The van der Waals surface area contributed by atoms with E-state index in [0.717, 1.165) is 29.8 Å². The van der Waals surface area contributed by atoms with Crippen LogP contribution in [-0.4, -0.2) is 40.0 Å². The number of aromatic nitrogens is 2. The second-order valence-electron chi connectivity index (χ2n) is 7.63. The summed E-state index contributed by atoms with van der Waals surface area (Å²) < 4.78 is 2.04. The van der Waals surface area contributed by atoms with Gasteiger partial charge in [-0.05, 0) is 73.8 Å². The van der Waals surface area contributed by atoms with Gasteiger partial charge < -0.3 is 5.32 Å². The average molecular weight is 417 g/mol. The topological polar surface area (TPSA) is 50.2 Å². The number of likely N-dealkylation sites (tertiary alicyclic amines) is 1. The lowest BCUT2D eigenvalue weighted by atomic mass is 10.1. The fourth-order valence-corrected chi connectivity index (χ4v) is 5.03. The van der Waals surface area contributed by atoms with Gasteiger partial charge in [0.1, 0.15) is 6.33 Å². The normalized spacial score (nSPS) is 15.5. The largest absolute Gasteiger partial charge is 0.350 e. The molecule has 1 aliphatic rings. The molecule has 1 fully saturated rings. The Bertz CT molecular complexity index is 1130. The van der Waals surface area contributed by atoms with Crippen LogP contribution in [0.3, 0.4) is 0 Å². The van der Waals surface area contributed by atoms with E-state index in [1.165, 1.54) is 17.7 Å². The van der Waals surface area contributed by atoms with Crippen LogP contribution in [0.25, 0.3) is 16.7 Å². The van der Waals surface area contributed by atoms with E-state index in [4.69, 9.17) is 0 Å². The summed E-state index contributed by atoms with van der Waals surface area (Å²) in [4.78, 5) is 21.0. The number of thiophene rings is 1. The van der Waals surface area contributed by atoms with Crippen molar-refractivity contribution < 1.29 is 4.79 Å². The number of hydrogen-bond acceptors (Lipinski definition) is 4. The number of benzene rings is 2. The van der Waals surface area contributed by atoms with Gasteiger partial charge in [0.05, 0.1) is 17.1 Å². The van der Waals surface area contributed by atoms with Crippen molar-refractivity contribution in [3.05, 3.63) is 82.8 Å². The quantitative estimate of drug-likeness (QED) is 0.498. The predicted octanol–water partition coefficient (Wildman–Crippen LogP) is 4.65. The molecule has 1 aliphatic heterocycles. The zero-order chi connectivity index (χ0) is 20.3. The summed E-state index contributed by atoms with van der Waals surface area (Å²) in [6, 6.07) is 20.3. The highest BCUT2D eigenvalue weighted by molar-refractivity contribution is 7.10. The molecule has 5 nitrogen and oxygen atoms in total. The minimum absolute atomic E-state index is 0.0298. The van der Waals surface area contributed by atoms with Crippen molar-refractivity contribution in [3.63, 3.8) is 0 Å². The standard InChI is InChI=1S/C24H24N4OS/c29-24(25-16-22(23-8-5-15-30-23)27-13-3-4-14-27)18-9-11-19(12-10-18)28-17-26-20-6-1-2-7-21(20)28/h1-2,5-12,15,17,22H,3-4,13-14,16H2,(H,25,29). The van der Waals surface area contributed by atoms with Gasteiger partial charge in [0, 0.05) is 22.7 Å². The SMILES string of the molecule is O=C(NCC(c1cccs1)N1CCCC1)c1ccc(-n2cnc3ccccc32)cc1. The Hall–Kier alpha value is -2.96. The second-order valence-corrected chi connectivity index (χ2v) is 8.61. The van der Waals surface area contributed by atoms with Crippen LogP contribution in [-0.2, 0) is 0 Å². The molecule has 4 aromatic rings. The molecule has 5 rings (SSSR count). The highest BCUT2D eigenvalue weighted by Crippen LogP contribution is 2.28. The molecule has 1 saturated heterocycles. The Kier molecular flexibility index (Phi) is 5.34. The molecule has 1 unspecified atom stereocenters. The number of carbonyl (C=O) groups is 1. The Labute approximate surface area is 180 Å². The lowest BCUT2D eigenvalue weighted by molar-refractivity contribution is 0.0938. The van der Waals surface area contributed by atoms with E-state index in [-0.39, 0.29) is 11.9 Å². The van der Waals surface area contributed by atoms with Crippen molar-refractivity contribution in [1.82, 2.24) is 19.8 Å². The molecule has 1 atom stereocenters. The minimum atomic E-state index is -0.0298. The van der Waals surface area contributed by atoms with Gasteiger partial charge >= 0.3 is 0 Å². The molecular weight excluding hydrogens is 392 g/mol. The fraction of sp³-hybridized carbons (Fsp3) is 0.250. The molecule has 0 bridgehead atoms. The summed E-state index contributed by atoms with van der Waals surface area (Å²) >= 11 is 1.76. The van der Waals surface area contributed by atoms with Crippen molar-refractivity contribution in [2.75, 3.05) is 19.6 Å². The number of amides is 1. The molecule has 1 N–H and O–H groups in total. The van der Waals surface area contributed by atoms with Crippen molar-refractivity contribution >= 4 is 28.3 Å². The van der Waals surface area contributed by atoms with Crippen LogP contribution in [0.15, 0.2) is 72.4 Å². The number of hydrogen-bond donors (Lipinski definition) is 1. The van der Waals surface area contributed by atoms with Gasteiger partial charge in [-0.1, -0.05) is 18.2 Å². The number of para-hydroxylation sites is 2. The first-order chi connectivity index (χ1) is 14.8. The van der Waals surface area contributed by atoms with Gasteiger partial charge in [-0.25, -0.2) is 4.98 Å². The van der Waals surface area contributed by atoms with Gasteiger partial charge in [-0.15, -0.1) is 11.3 Å². The van der Waals surface area contributed by atoms with Crippen LogP contribution < -0.4 is 5.32 Å². The Morgan fingerprint density at radius 2 is 1.83 bits per heavy atom. The molecule has 1 amide bonds. The number of imidazole rings is 1. The number of fused-ring (bicyclic) bond motifs is 1. The Morgan fingerprint density at radius 1 is 1.03 bits per heavy atom. The molecular formula is C24H24N4OS. The smallest absolute Gasteiger partial charge is 0.251 e. The number of rotatable bonds is 6. The third kappa shape index (κ3) is 3.76. The number of nitrogens with one attached hydrogen (secondary N) is 1. The second kappa shape index (κ2) is 8.42. The zero-order valence-electron chi connectivity index (χ0n) is 16.7. The molecule has 3 heterocycles. The first-order valence-corrected chi connectivity index (χ1v) is 11.3. The van der Waals surface area contributed by atoms with Crippen molar-refractivity contribution in [2.45, 2.75) is 18.9 Å². The Balaban J connectivity index is 1.29. The molecule has 6 heteroatoms. The molecule has 30 heavy (non-hydrogen) atoms. The predicted molar refractivity (Wildman–Crippen MR) is 121 cm³/mol. The van der Waals surface area contributed by atoms with E-state index in [0.29, 0.717) is 12.1 Å². The lowest BCUT2D eigenvalue weighted by Gasteiger charge is -2.27. The summed E-state index contributed by atoms with van der Waals surface area (Å²) in [7, 11) is 0. The molecule has 0 aliphatic carbocycles. The van der Waals surface area contributed by atoms with Crippen LogP contribution in [0, 0.1) is 0 Å². The van der Waals surface area contributed by atoms with Crippen molar-refractivity contribution in [2.24, 2.45) is 0 Å². The van der Waals surface area contributed by atoms with Gasteiger partial charge in [0.25, 0.3) is 5.91 Å².